The van der Waals surface area contributed by atoms with E-state index in [2.05, 4.69) is 15.6 Å². The highest BCUT2D eigenvalue weighted by Gasteiger charge is 2.25. The maximum atomic E-state index is 12.7. The zero-order chi connectivity index (χ0) is 21.1. The second-order valence-corrected chi connectivity index (χ2v) is 8.03. The molecule has 1 fully saturated rings. The summed E-state index contributed by atoms with van der Waals surface area (Å²) in [5.74, 6) is -0.377. The highest BCUT2D eigenvalue weighted by Crippen LogP contribution is 2.22. The topological polar surface area (TPSA) is 93.1 Å². The maximum absolute atomic E-state index is 12.7. The molecule has 4 rings (SSSR count). The molecule has 1 aliphatic rings. The molecule has 0 unspecified atom stereocenters. The molecule has 2 aromatic carbocycles. The first kappa shape index (κ1) is 20.2. The third-order valence-electron chi connectivity index (χ3n) is 4.83. The van der Waals surface area contributed by atoms with E-state index >= 15 is 0 Å². The lowest BCUT2D eigenvalue weighted by atomic mass is 10.1. The van der Waals surface area contributed by atoms with Crippen LogP contribution in [-0.4, -0.2) is 33.2 Å². The Hall–Kier alpha value is -3.13. The van der Waals surface area contributed by atoms with Crippen LogP contribution in [0.3, 0.4) is 0 Å². The van der Waals surface area contributed by atoms with E-state index in [0.717, 1.165) is 12.8 Å². The molecule has 0 aliphatic heterocycles. The number of carbonyl (C=O) groups is 2. The molecule has 3 aromatic rings. The number of fused-ring (bicyclic) bond motifs is 1. The second kappa shape index (κ2) is 8.71. The molecule has 0 atom stereocenters. The van der Waals surface area contributed by atoms with Gasteiger partial charge in [-0.25, -0.2) is 4.98 Å². The number of nitrogens with one attached hydrogen (secondary N) is 2. The van der Waals surface area contributed by atoms with Gasteiger partial charge in [0.25, 0.3) is 11.5 Å². The fourth-order valence-electron chi connectivity index (χ4n) is 3.13. The number of hydrogen-bond donors (Lipinski definition) is 2. The summed E-state index contributed by atoms with van der Waals surface area (Å²) in [5.41, 5.74) is 1.41. The van der Waals surface area contributed by atoms with Crippen LogP contribution in [0.1, 0.15) is 30.1 Å². The molecule has 2 amide bonds. The van der Waals surface area contributed by atoms with Gasteiger partial charge in [0, 0.05) is 12.6 Å². The molecule has 154 valence electrons. The van der Waals surface area contributed by atoms with Crippen LogP contribution < -0.4 is 16.2 Å². The number of anilines is 1. The Morgan fingerprint density at radius 3 is 2.63 bits per heavy atom. The van der Waals surface area contributed by atoms with Crippen LogP contribution in [-0.2, 0) is 11.3 Å². The lowest BCUT2D eigenvalue weighted by Crippen LogP contribution is -2.27. The van der Waals surface area contributed by atoms with Crippen molar-refractivity contribution < 1.29 is 9.59 Å². The van der Waals surface area contributed by atoms with Crippen LogP contribution in [0, 0.1) is 0 Å². The van der Waals surface area contributed by atoms with Gasteiger partial charge in [0.1, 0.15) is 0 Å². The van der Waals surface area contributed by atoms with Gasteiger partial charge in [0.2, 0.25) is 5.91 Å². The van der Waals surface area contributed by atoms with Gasteiger partial charge in [-0.05, 0) is 44.0 Å². The van der Waals surface area contributed by atoms with Crippen molar-refractivity contribution in [3.63, 3.8) is 0 Å². The summed E-state index contributed by atoms with van der Waals surface area (Å²) >= 11 is 1.20. The number of thioether (sulfide) groups is 1. The first-order chi connectivity index (χ1) is 14.6. The van der Waals surface area contributed by atoms with E-state index < -0.39 is 0 Å². The van der Waals surface area contributed by atoms with Gasteiger partial charge < -0.3 is 10.6 Å². The first-order valence-electron chi connectivity index (χ1n) is 9.89. The molecule has 0 radical (unpaired) electrons. The molecule has 0 spiro atoms. The summed E-state index contributed by atoms with van der Waals surface area (Å²) in [6.07, 6.45) is 1.99. The first-order valence-corrected chi connectivity index (χ1v) is 10.9. The van der Waals surface area contributed by atoms with E-state index in [0.29, 0.717) is 33.9 Å². The van der Waals surface area contributed by atoms with Crippen LogP contribution in [0.5, 0.6) is 0 Å². The van der Waals surface area contributed by atoms with Gasteiger partial charge in [-0.1, -0.05) is 36.0 Å². The third-order valence-corrected chi connectivity index (χ3v) is 5.81. The molecule has 1 aromatic heterocycles. The highest BCUT2D eigenvalue weighted by atomic mass is 32.2. The lowest BCUT2D eigenvalue weighted by molar-refractivity contribution is -0.113. The molecular formula is C22H22N4O3S. The standard InChI is InChI=1S/C22H22N4O3S/c1-2-26-21(29)16-8-4-6-10-18(16)25-22(26)30-13-19(27)24-17-9-5-3-7-15(17)20(28)23-14-11-12-14/h3-10,14H,2,11-13H2,1H3,(H,23,28)(H,24,27). The second-order valence-electron chi connectivity index (χ2n) is 7.09. The van der Waals surface area contributed by atoms with Gasteiger partial charge in [0.15, 0.2) is 5.16 Å². The normalized spacial score (nSPS) is 13.2. The summed E-state index contributed by atoms with van der Waals surface area (Å²) in [4.78, 5) is 42.2. The maximum Gasteiger partial charge on any atom is 0.262 e. The van der Waals surface area contributed by atoms with E-state index in [1.807, 2.05) is 19.1 Å². The molecule has 8 heteroatoms. The van der Waals surface area contributed by atoms with Crippen molar-refractivity contribution in [2.24, 2.45) is 0 Å². The van der Waals surface area contributed by atoms with Crippen molar-refractivity contribution in [1.82, 2.24) is 14.9 Å². The minimum atomic E-state index is -0.267. The number of rotatable bonds is 7. The summed E-state index contributed by atoms with van der Waals surface area (Å²) in [6.45, 7) is 2.33. The van der Waals surface area contributed by atoms with Crippen molar-refractivity contribution in [1.29, 1.82) is 0 Å². The van der Waals surface area contributed by atoms with Crippen molar-refractivity contribution in [2.45, 2.75) is 37.5 Å². The Balaban J connectivity index is 1.48. The van der Waals surface area contributed by atoms with Crippen LogP contribution in [0.25, 0.3) is 10.9 Å². The largest absolute Gasteiger partial charge is 0.349 e. The minimum Gasteiger partial charge on any atom is -0.349 e. The molecule has 1 aliphatic carbocycles. The predicted octanol–water partition coefficient (Wildman–Crippen LogP) is 3.04. The number of carbonyl (C=O) groups excluding carboxylic acids is 2. The Morgan fingerprint density at radius 1 is 1.13 bits per heavy atom. The molecule has 0 saturated heterocycles. The Labute approximate surface area is 177 Å². The summed E-state index contributed by atoms with van der Waals surface area (Å²) in [5, 5.41) is 6.80. The van der Waals surface area contributed by atoms with Crippen LogP contribution in [0.15, 0.2) is 58.5 Å². The fourth-order valence-corrected chi connectivity index (χ4v) is 4.00. The summed E-state index contributed by atoms with van der Waals surface area (Å²) in [7, 11) is 0. The SMILES string of the molecule is CCn1c(SCC(=O)Nc2ccccc2C(=O)NC2CC2)nc2ccccc2c1=O. The number of hydrogen-bond acceptors (Lipinski definition) is 5. The van der Waals surface area contributed by atoms with Gasteiger partial charge >= 0.3 is 0 Å². The smallest absolute Gasteiger partial charge is 0.262 e. The number of para-hydroxylation sites is 2. The number of amides is 2. The average Bonchev–Trinajstić information content (AvgIpc) is 3.57. The molecule has 1 saturated carbocycles. The van der Waals surface area contributed by atoms with Crippen molar-refractivity contribution in [3.05, 3.63) is 64.4 Å². The third kappa shape index (κ3) is 4.38. The monoisotopic (exact) mass is 422 g/mol. The number of aromatic nitrogens is 2. The summed E-state index contributed by atoms with van der Waals surface area (Å²) < 4.78 is 1.57. The number of benzene rings is 2. The van der Waals surface area contributed by atoms with E-state index in [1.54, 1.807) is 41.0 Å². The van der Waals surface area contributed by atoms with Crippen molar-refractivity contribution in [2.75, 3.05) is 11.1 Å². The molecular weight excluding hydrogens is 400 g/mol. The van der Waals surface area contributed by atoms with Crippen LogP contribution in [0.2, 0.25) is 0 Å². The van der Waals surface area contributed by atoms with E-state index in [9.17, 15) is 14.4 Å². The summed E-state index contributed by atoms with van der Waals surface area (Å²) in [6, 6.07) is 14.4. The minimum absolute atomic E-state index is 0.0728. The lowest BCUT2D eigenvalue weighted by Gasteiger charge is -2.13. The van der Waals surface area contributed by atoms with Gasteiger partial charge in [0.05, 0.1) is 27.9 Å². The van der Waals surface area contributed by atoms with E-state index in [-0.39, 0.29) is 29.2 Å². The van der Waals surface area contributed by atoms with Gasteiger partial charge in [-0.15, -0.1) is 0 Å². The molecule has 2 N–H and O–H groups in total. The van der Waals surface area contributed by atoms with Gasteiger partial charge in [-0.3, -0.25) is 19.0 Å². The zero-order valence-electron chi connectivity index (χ0n) is 16.6. The average molecular weight is 423 g/mol. The molecule has 1 heterocycles. The fraction of sp³-hybridized carbons (Fsp3) is 0.273. The molecule has 7 nitrogen and oxygen atoms in total. The highest BCUT2D eigenvalue weighted by molar-refractivity contribution is 7.99. The molecule has 0 bridgehead atoms. The quantitative estimate of drug-likeness (QED) is 0.451. The Kier molecular flexibility index (Phi) is 5.85. The van der Waals surface area contributed by atoms with Crippen LogP contribution in [0.4, 0.5) is 5.69 Å². The molecule has 30 heavy (non-hydrogen) atoms. The Bertz CT molecular complexity index is 1170. The van der Waals surface area contributed by atoms with Gasteiger partial charge in [-0.2, -0.15) is 0 Å². The van der Waals surface area contributed by atoms with E-state index in [4.69, 9.17) is 0 Å². The Morgan fingerprint density at radius 2 is 1.87 bits per heavy atom. The number of nitrogens with zero attached hydrogens (tertiary/aromatic N) is 2. The van der Waals surface area contributed by atoms with Crippen molar-refractivity contribution >= 4 is 40.2 Å². The predicted molar refractivity (Wildman–Crippen MR) is 118 cm³/mol. The van der Waals surface area contributed by atoms with Crippen LogP contribution >= 0.6 is 11.8 Å². The van der Waals surface area contributed by atoms with E-state index in [1.165, 1.54) is 11.8 Å². The zero-order valence-corrected chi connectivity index (χ0v) is 17.4. The van der Waals surface area contributed by atoms with Crippen molar-refractivity contribution in [3.8, 4) is 0 Å².